The normalized spacial score (nSPS) is 17.7. The Morgan fingerprint density at radius 2 is 1.62 bits per heavy atom. The summed E-state index contributed by atoms with van der Waals surface area (Å²) in [6.07, 6.45) is 0.906. The molecule has 410 valence electrons. The third kappa shape index (κ3) is 12.0. The van der Waals surface area contributed by atoms with E-state index in [4.69, 9.17) is 9.72 Å². The molecule has 7 aromatic rings. The number of ether oxygens (including phenoxy) is 1. The number of aryl methyl sites for hydroxylation is 1. The molecule has 2 fully saturated rings. The van der Waals surface area contributed by atoms with Crippen LogP contribution in [0.25, 0.3) is 31.8 Å². The lowest BCUT2D eigenvalue weighted by atomic mass is 9.85. The zero-order valence-electron chi connectivity index (χ0n) is 45.1. The number of carbonyl (C=O) groups is 5. The Balaban J connectivity index is 0.741. The lowest BCUT2D eigenvalue weighted by Gasteiger charge is -2.36. The van der Waals surface area contributed by atoms with Crippen LogP contribution in [0.4, 0.5) is 10.9 Å². The highest BCUT2D eigenvalue weighted by Gasteiger charge is 2.45. The molecule has 4 atom stereocenters. The van der Waals surface area contributed by atoms with Crippen molar-refractivity contribution in [2.45, 2.75) is 104 Å². The Labute approximate surface area is 467 Å². The third-order valence-electron chi connectivity index (χ3n) is 15.3. The number of carboxylic acids is 1. The number of likely N-dealkylation sites (tertiary alicyclic amines) is 2. The summed E-state index contributed by atoms with van der Waals surface area (Å²) in [6.45, 7) is 13.5. The smallest absolute Gasteiger partial charge is 0.355 e. The number of hydrogen-bond donors (Lipinski definition) is 5. The number of aromatic nitrogens is 3. The molecule has 0 bridgehead atoms. The summed E-state index contributed by atoms with van der Waals surface area (Å²) >= 11 is 2.99. The zero-order valence-corrected chi connectivity index (χ0v) is 46.7. The summed E-state index contributed by atoms with van der Waals surface area (Å²) in [5.41, 5.74) is 9.05. The number of piperidine rings is 1. The SMILES string of the molecule is Cc1ncsc1-c1ccc(C(C)NC(=O)[C@@H]2C[C@@H](O)CN2C(=O)[C@@H](NC(=O)CN2CCC(Oc3cccc(-c4ccc(N5CCc6cccc(C(=O)Nc7nc8ccccc8s7)c6C5)nc4C(=O)O)c3C)CC2)C(C)(C)C)cc1. The van der Waals surface area contributed by atoms with Crippen LogP contribution in [0.5, 0.6) is 5.75 Å². The van der Waals surface area contributed by atoms with E-state index >= 15 is 0 Å². The van der Waals surface area contributed by atoms with Gasteiger partial charge >= 0.3 is 5.97 Å². The molecule has 19 heteroatoms. The molecule has 1 unspecified atom stereocenters. The van der Waals surface area contributed by atoms with Crippen molar-refractivity contribution < 1.29 is 38.9 Å². The average Bonchev–Trinajstić information content (AvgIpc) is 4.19. The minimum atomic E-state index is -1.17. The number of fused-ring (bicyclic) bond motifs is 2. The number of anilines is 2. The minimum Gasteiger partial charge on any atom is -0.490 e. The van der Waals surface area contributed by atoms with Gasteiger partial charge in [-0.25, -0.2) is 19.7 Å². The molecule has 0 radical (unpaired) electrons. The number of para-hydroxylation sites is 1. The number of aromatic carboxylic acids is 1. The molecule has 0 saturated carbocycles. The van der Waals surface area contributed by atoms with Gasteiger partial charge < -0.3 is 35.4 Å². The summed E-state index contributed by atoms with van der Waals surface area (Å²) in [7, 11) is 0. The number of carbonyl (C=O) groups excluding carboxylic acids is 4. The van der Waals surface area contributed by atoms with Crippen molar-refractivity contribution in [3.63, 3.8) is 0 Å². The summed E-state index contributed by atoms with van der Waals surface area (Å²) < 4.78 is 7.58. The Morgan fingerprint density at radius 3 is 2.34 bits per heavy atom. The van der Waals surface area contributed by atoms with Crippen LogP contribution in [0.3, 0.4) is 0 Å². The Bertz CT molecular complexity index is 3410. The number of thiazole rings is 2. The molecular formula is C60H65N9O8S2. The monoisotopic (exact) mass is 1100 g/mol. The molecule has 3 aliphatic rings. The highest BCUT2D eigenvalue weighted by Crippen LogP contribution is 2.37. The van der Waals surface area contributed by atoms with Crippen LogP contribution in [0.1, 0.15) is 102 Å². The van der Waals surface area contributed by atoms with Crippen molar-refractivity contribution in [1.29, 1.82) is 0 Å². The van der Waals surface area contributed by atoms with Crippen molar-refractivity contribution in [2.24, 2.45) is 5.41 Å². The Hall–Kier alpha value is -7.58. The van der Waals surface area contributed by atoms with Crippen molar-refractivity contribution in [3.05, 3.63) is 142 Å². The van der Waals surface area contributed by atoms with Crippen molar-refractivity contribution >= 4 is 73.4 Å². The second-order valence-electron chi connectivity index (χ2n) is 21.8. The molecular weight excluding hydrogens is 1040 g/mol. The number of aliphatic hydroxyl groups excluding tert-OH is 1. The highest BCUT2D eigenvalue weighted by atomic mass is 32.1. The van der Waals surface area contributed by atoms with Crippen LogP contribution in [0.2, 0.25) is 0 Å². The first-order chi connectivity index (χ1) is 37.9. The molecule has 4 amide bonds. The fourth-order valence-electron chi connectivity index (χ4n) is 10.9. The number of aliphatic hydroxyl groups is 1. The van der Waals surface area contributed by atoms with Crippen LogP contribution in [0, 0.1) is 19.3 Å². The molecule has 3 aromatic heterocycles. The highest BCUT2D eigenvalue weighted by molar-refractivity contribution is 7.22. The first-order valence-electron chi connectivity index (χ1n) is 26.7. The molecule has 0 aliphatic carbocycles. The van der Waals surface area contributed by atoms with Crippen molar-refractivity contribution in [1.82, 2.24) is 35.4 Å². The average molecular weight is 1100 g/mol. The van der Waals surface area contributed by atoms with E-state index in [0.29, 0.717) is 78.8 Å². The molecule has 0 spiro atoms. The van der Waals surface area contributed by atoms with Gasteiger partial charge in [0.15, 0.2) is 10.8 Å². The van der Waals surface area contributed by atoms with Gasteiger partial charge in [0, 0.05) is 50.3 Å². The number of carboxylic acid groups (broad SMARTS) is 1. The Kier molecular flexibility index (Phi) is 16.0. The predicted octanol–water partition coefficient (Wildman–Crippen LogP) is 8.83. The largest absolute Gasteiger partial charge is 0.490 e. The van der Waals surface area contributed by atoms with Gasteiger partial charge in [-0.3, -0.25) is 29.4 Å². The number of nitrogens with zero attached hydrogens (tertiary/aromatic N) is 6. The molecule has 2 saturated heterocycles. The number of benzene rings is 4. The van der Waals surface area contributed by atoms with E-state index in [-0.39, 0.29) is 55.1 Å². The number of β-amino-alcohol motifs (C(OH)–C–C–N with tert-alkyl or cyclic N) is 1. The molecule has 79 heavy (non-hydrogen) atoms. The number of amides is 4. The lowest BCUT2D eigenvalue weighted by molar-refractivity contribution is -0.144. The van der Waals surface area contributed by atoms with Gasteiger partial charge in [-0.15, -0.1) is 11.3 Å². The molecule has 3 aliphatic heterocycles. The van der Waals surface area contributed by atoms with E-state index in [1.54, 1.807) is 23.5 Å². The van der Waals surface area contributed by atoms with Gasteiger partial charge in [-0.05, 0) is 115 Å². The minimum absolute atomic E-state index is 0.0245. The second-order valence-corrected chi connectivity index (χ2v) is 23.7. The third-order valence-corrected chi connectivity index (χ3v) is 17.2. The fraction of sp³-hybridized carbons (Fsp3) is 0.367. The fourth-order valence-corrected chi connectivity index (χ4v) is 12.6. The first-order valence-corrected chi connectivity index (χ1v) is 28.4. The summed E-state index contributed by atoms with van der Waals surface area (Å²) in [5, 5.41) is 30.9. The van der Waals surface area contributed by atoms with E-state index in [9.17, 15) is 34.2 Å². The van der Waals surface area contributed by atoms with Crippen LogP contribution >= 0.6 is 22.7 Å². The summed E-state index contributed by atoms with van der Waals surface area (Å²) in [4.78, 5) is 88.8. The number of pyridine rings is 1. The maximum absolute atomic E-state index is 14.4. The van der Waals surface area contributed by atoms with E-state index in [1.807, 2.05) is 142 Å². The zero-order chi connectivity index (χ0) is 55.7. The van der Waals surface area contributed by atoms with Gasteiger partial charge in [-0.2, -0.15) is 0 Å². The second kappa shape index (κ2) is 23.0. The molecule has 10 rings (SSSR count). The van der Waals surface area contributed by atoms with Gasteiger partial charge in [0.05, 0.1) is 45.0 Å². The standard InChI is InChI=1S/C60H65N9O8S2/c1-34-42(43-21-22-50(64-52(43)58(75)76)68-28-23-38-11-9-13-44(45(38)31-68)55(72)66-59-63-46-14-7-8-16-49(46)79-59)12-10-15-48(34)77-41-24-26-67(27-25-41)32-51(71)65-54(60(4,5)6)57(74)69-30-40(70)29-47(69)56(73)62-35(2)37-17-19-39(20-18-37)53-36(3)61-33-78-53/h7-22,33,35,40-41,47,54,70H,23-32H2,1-6H3,(H,62,73)(H,65,71)(H,75,76)(H,63,66,72)/t35?,40-,47+,54-/m1/s1. The first kappa shape index (κ1) is 54.8. The van der Waals surface area contributed by atoms with Gasteiger partial charge in [0.2, 0.25) is 17.7 Å². The van der Waals surface area contributed by atoms with Gasteiger partial charge in [0.25, 0.3) is 5.91 Å². The quantitative estimate of drug-likeness (QED) is 0.0649. The number of nitrogens with one attached hydrogen (secondary N) is 3. The van der Waals surface area contributed by atoms with Crippen molar-refractivity contribution in [2.75, 3.05) is 42.9 Å². The summed E-state index contributed by atoms with van der Waals surface area (Å²) in [5.74, 6) is -1.43. The topological polar surface area (TPSA) is 220 Å². The van der Waals surface area contributed by atoms with Crippen LogP contribution < -0.4 is 25.6 Å². The number of rotatable bonds is 15. The van der Waals surface area contributed by atoms with Crippen LogP contribution in [0.15, 0.2) is 103 Å². The maximum Gasteiger partial charge on any atom is 0.355 e. The van der Waals surface area contributed by atoms with E-state index in [2.05, 4.69) is 25.9 Å². The van der Waals surface area contributed by atoms with E-state index in [0.717, 1.165) is 48.6 Å². The predicted molar refractivity (Wildman–Crippen MR) is 307 cm³/mol. The van der Waals surface area contributed by atoms with E-state index < -0.39 is 35.5 Å². The van der Waals surface area contributed by atoms with Crippen LogP contribution in [-0.2, 0) is 27.3 Å². The van der Waals surface area contributed by atoms with Gasteiger partial charge in [0.1, 0.15) is 29.8 Å². The molecule has 4 aromatic carbocycles. The molecule has 5 N–H and O–H groups in total. The van der Waals surface area contributed by atoms with Crippen LogP contribution in [-0.4, -0.2) is 122 Å². The lowest BCUT2D eigenvalue weighted by Crippen LogP contribution is -2.59. The van der Waals surface area contributed by atoms with Gasteiger partial charge in [-0.1, -0.05) is 92.8 Å². The van der Waals surface area contributed by atoms with Crippen molar-refractivity contribution in [3.8, 4) is 27.3 Å². The Morgan fingerprint density at radius 1 is 0.861 bits per heavy atom. The van der Waals surface area contributed by atoms with E-state index in [1.165, 1.54) is 16.2 Å². The maximum atomic E-state index is 14.4. The molecule has 17 nitrogen and oxygen atoms in total. The summed E-state index contributed by atoms with van der Waals surface area (Å²) in [6, 6.07) is 28.3. The molecule has 6 heterocycles. The number of hydrogen-bond acceptors (Lipinski definition) is 14.